The van der Waals surface area contributed by atoms with Crippen LogP contribution in [0, 0.1) is 5.92 Å². The number of nitrogens with one attached hydrogen (secondary N) is 1. The van der Waals surface area contributed by atoms with E-state index in [1.54, 1.807) is 0 Å². The number of carbonyl (C=O) groups excluding carboxylic acids is 1. The first-order valence-electron chi connectivity index (χ1n) is 7.98. The van der Waals surface area contributed by atoms with Crippen molar-refractivity contribution in [3.8, 4) is 0 Å². The molecule has 0 bridgehead atoms. The second-order valence-electron chi connectivity index (χ2n) is 6.60. The van der Waals surface area contributed by atoms with Crippen molar-refractivity contribution in [2.45, 2.75) is 51.1 Å². The summed E-state index contributed by atoms with van der Waals surface area (Å²) < 4.78 is 0. The van der Waals surface area contributed by atoms with Gasteiger partial charge >= 0.3 is 0 Å². The molecule has 3 aliphatic heterocycles. The van der Waals surface area contributed by atoms with Gasteiger partial charge in [0, 0.05) is 31.6 Å². The van der Waals surface area contributed by atoms with Gasteiger partial charge in [0.2, 0.25) is 5.91 Å². The van der Waals surface area contributed by atoms with Crippen molar-refractivity contribution in [1.29, 1.82) is 0 Å². The standard InChI is InChI=1S/C15H27N3O/c1-12-10-17-7-3-5-14(17)11-18(12)15(19)8-13-4-2-6-16-9-13/h12-14,16H,2-11H2,1H3. The third kappa shape index (κ3) is 2.95. The molecule has 0 spiro atoms. The number of nitrogens with zero attached hydrogens (tertiary/aromatic N) is 2. The molecule has 0 aromatic carbocycles. The minimum atomic E-state index is 0.396. The maximum absolute atomic E-state index is 12.5. The van der Waals surface area contributed by atoms with Gasteiger partial charge in [-0.25, -0.2) is 0 Å². The lowest BCUT2D eigenvalue weighted by molar-refractivity contribution is -0.137. The lowest BCUT2D eigenvalue weighted by Crippen LogP contribution is -2.57. The van der Waals surface area contributed by atoms with Gasteiger partial charge in [-0.1, -0.05) is 0 Å². The van der Waals surface area contributed by atoms with Crippen molar-refractivity contribution in [3.63, 3.8) is 0 Å². The van der Waals surface area contributed by atoms with Crippen LogP contribution >= 0.6 is 0 Å². The predicted octanol–water partition coefficient (Wildman–Crippen LogP) is 1.07. The Morgan fingerprint density at radius 3 is 2.95 bits per heavy atom. The Bertz CT molecular complexity index is 327. The monoisotopic (exact) mass is 265 g/mol. The van der Waals surface area contributed by atoms with Gasteiger partial charge in [-0.3, -0.25) is 9.69 Å². The van der Waals surface area contributed by atoms with E-state index in [0.29, 0.717) is 23.9 Å². The molecule has 3 aliphatic rings. The van der Waals surface area contributed by atoms with Gasteiger partial charge in [-0.15, -0.1) is 0 Å². The fourth-order valence-electron chi connectivity index (χ4n) is 4.00. The number of piperazine rings is 1. The van der Waals surface area contributed by atoms with Crippen LogP contribution in [-0.2, 0) is 4.79 Å². The Kier molecular flexibility index (Phi) is 4.08. The maximum atomic E-state index is 12.5. The van der Waals surface area contributed by atoms with E-state index < -0.39 is 0 Å². The highest BCUT2D eigenvalue weighted by molar-refractivity contribution is 5.77. The highest BCUT2D eigenvalue weighted by Crippen LogP contribution is 2.26. The molecule has 108 valence electrons. The summed E-state index contributed by atoms with van der Waals surface area (Å²) in [4.78, 5) is 17.3. The smallest absolute Gasteiger partial charge is 0.223 e. The quantitative estimate of drug-likeness (QED) is 0.811. The molecule has 1 N–H and O–H groups in total. The van der Waals surface area contributed by atoms with Crippen LogP contribution in [-0.4, -0.2) is 60.5 Å². The summed E-state index contributed by atoms with van der Waals surface area (Å²) in [5.74, 6) is 0.961. The first kappa shape index (κ1) is 13.4. The molecule has 4 nitrogen and oxygen atoms in total. The SMILES string of the molecule is CC1CN2CCCC2CN1C(=O)CC1CCCNC1. The van der Waals surface area contributed by atoms with Crippen molar-refractivity contribution in [2.24, 2.45) is 5.92 Å². The molecule has 3 heterocycles. The van der Waals surface area contributed by atoms with E-state index in [-0.39, 0.29) is 0 Å². The Labute approximate surface area is 116 Å². The van der Waals surface area contributed by atoms with Crippen LogP contribution in [0.2, 0.25) is 0 Å². The fourth-order valence-corrected chi connectivity index (χ4v) is 4.00. The highest BCUT2D eigenvalue weighted by atomic mass is 16.2. The fraction of sp³-hybridized carbons (Fsp3) is 0.933. The highest BCUT2D eigenvalue weighted by Gasteiger charge is 2.36. The van der Waals surface area contributed by atoms with Crippen LogP contribution in [0.5, 0.6) is 0 Å². The summed E-state index contributed by atoms with van der Waals surface area (Å²) >= 11 is 0. The zero-order valence-electron chi connectivity index (χ0n) is 12.1. The zero-order chi connectivity index (χ0) is 13.2. The number of fused-ring (bicyclic) bond motifs is 1. The van der Waals surface area contributed by atoms with E-state index in [1.807, 2.05) is 0 Å². The van der Waals surface area contributed by atoms with Crippen LogP contribution in [0.3, 0.4) is 0 Å². The Balaban J connectivity index is 1.56. The second kappa shape index (κ2) is 5.80. The number of hydrogen-bond donors (Lipinski definition) is 1. The van der Waals surface area contributed by atoms with Gasteiger partial charge < -0.3 is 10.2 Å². The van der Waals surface area contributed by atoms with Crippen LogP contribution in [0.4, 0.5) is 0 Å². The van der Waals surface area contributed by atoms with Crippen molar-refractivity contribution in [2.75, 3.05) is 32.7 Å². The molecule has 3 unspecified atom stereocenters. The molecule has 1 amide bonds. The van der Waals surface area contributed by atoms with Crippen LogP contribution in [0.15, 0.2) is 0 Å². The molecule has 0 radical (unpaired) electrons. The minimum absolute atomic E-state index is 0.396. The van der Waals surface area contributed by atoms with E-state index >= 15 is 0 Å². The second-order valence-corrected chi connectivity index (χ2v) is 6.60. The third-order valence-electron chi connectivity index (χ3n) is 5.12. The van der Waals surface area contributed by atoms with Gasteiger partial charge in [0.05, 0.1) is 0 Å². The molecule has 19 heavy (non-hydrogen) atoms. The molecule has 0 aromatic rings. The summed E-state index contributed by atoms with van der Waals surface area (Å²) in [6.07, 6.45) is 5.79. The molecule has 3 fully saturated rings. The molecule has 0 aliphatic carbocycles. The van der Waals surface area contributed by atoms with Gasteiger partial charge in [0.1, 0.15) is 0 Å². The molecule has 4 heteroatoms. The van der Waals surface area contributed by atoms with Crippen molar-refractivity contribution >= 4 is 5.91 Å². The maximum Gasteiger partial charge on any atom is 0.223 e. The molecular weight excluding hydrogens is 238 g/mol. The number of carbonyl (C=O) groups is 1. The molecule has 3 atom stereocenters. The number of amides is 1. The van der Waals surface area contributed by atoms with Crippen LogP contribution in [0.25, 0.3) is 0 Å². The predicted molar refractivity (Wildman–Crippen MR) is 76.0 cm³/mol. The average Bonchev–Trinajstić information content (AvgIpc) is 2.86. The number of rotatable bonds is 2. The van der Waals surface area contributed by atoms with Crippen molar-refractivity contribution in [3.05, 3.63) is 0 Å². The van der Waals surface area contributed by atoms with E-state index in [2.05, 4.69) is 22.0 Å². The summed E-state index contributed by atoms with van der Waals surface area (Å²) in [5, 5.41) is 3.41. The van der Waals surface area contributed by atoms with Crippen molar-refractivity contribution < 1.29 is 4.79 Å². The van der Waals surface area contributed by atoms with E-state index in [4.69, 9.17) is 0 Å². The van der Waals surface area contributed by atoms with Gasteiger partial charge in [-0.2, -0.15) is 0 Å². The molecule has 3 rings (SSSR count). The van der Waals surface area contributed by atoms with Crippen molar-refractivity contribution in [1.82, 2.24) is 15.1 Å². The topological polar surface area (TPSA) is 35.6 Å². The number of hydrogen-bond acceptors (Lipinski definition) is 3. The lowest BCUT2D eigenvalue weighted by atomic mass is 9.95. The molecule has 0 aromatic heterocycles. The van der Waals surface area contributed by atoms with Gasteiger partial charge in [-0.05, 0) is 58.2 Å². The normalized spacial score (nSPS) is 36.3. The number of piperidine rings is 1. The van der Waals surface area contributed by atoms with Gasteiger partial charge in [0.15, 0.2) is 0 Å². The average molecular weight is 265 g/mol. The summed E-state index contributed by atoms with van der Waals surface area (Å²) in [6.45, 7) is 7.67. The Morgan fingerprint density at radius 2 is 2.16 bits per heavy atom. The van der Waals surface area contributed by atoms with Crippen LogP contribution < -0.4 is 5.32 Å². The minimum Gasteiger partial charge on any atom is -0.337 e. The molecular formula is C15H27N3O. The third-order valence-corrected chi connectivity index (χ3v) is 5.12. The first-order valence-corrected chi connectivity index (χ1v) is 7.98. The molecule has 3 saturated heterocycles. The summed E-state index contributed by atoms with van der Waals surface area (Å²) in [7, 11) is 0. The summed E-state index contributed by atoms with van der Waals surface area (Å²) in [6, 6.07) is 1.04. The Morgan fingerprint density at radius 1 is 1.26 bits per heavy atom. The molecule has 0 saturated carbocycles. The van der Waals surface area contributed by atoms with Crippen LogP contribution in [0.1, 0.15) is 39.0 Å². The lowest BCUT2D eigenvalue weighted by Gasteiger charge is -2.43. The largest absolute Gasteiger partial charge is 0.337 e. The Hall–Kier alpha value is -0.610. The van der Waals surface area contributed by atoms with E-state index in [0.717, 1.165) is 32.6 Å². The van der Waals surface area contributed by atoms with E-state index in [9.17, 15) is 4.79 Å². The zero-order valence-corrected chi connectivity index (χ0v) is 12.1. The first-order chi connectivity index (χ1) is 9.24. The van der Waals surface area contributed by atoms with E-state index in [1.165, 1.54) is 32.2 Å². The van der Waals surface area contributed by atoms with Gasteiger partial charge in [0.25, 0.3) is 0 Å². The summed E-state index contributed by atoms with van der Waals surface area (Å²) in [5.41, 5.74) is 0.